The molecule has 1 aromatic rings. The average Bonchev–Trinajstić information content (AvgIpc) is 3.30. The predicted molar refractivity (Wildman–Crippen MR) is 149 cm³/mol. The van der Waals surface area contributed by atoms with E-state index in [0.29, 0.717) is 13.2 Å². The van der Waals surface area contributed by atoms with Gasteiger partial charge in [0, 0.05) is 42.8 Å². The number of β-amino-alcohol motifs (C(OH)–C–C–N with tert-alkyl or cyclic N) is 1. The number of hydrogen-bond acceptors (Lipinski definition) is 7. The second-order valence-electron chi connectivity index (χ2n) is 10.2. The van der Waals surface area contributed by atoms with E-state index >= 15 is 0 Å². The molecule has 0 aliphatic carbocycles. The number of esters is 1. The Morgan fingerprint density at radius 1 is 1.08 bits per heavy atom. The van der Waals surface area contributed by atoms with Gasteiger partial charge in [0.15, 0.2) is 0 Å². The zero-order valence-corrected chi connectivity index (χ0v) is 22.9. The Balaban J connectivity index is 1.53. The van der Waals surface area contributed by atoms with E-state index in [1.54, 1.807) is 4.90 Å². The van der Waals surface area contributed by atoms with Crippen LogP contribution >= 0.6 is 11.8 Å². The number of nitrogens with zero attached hydrogens (tertiary/aromatic N) is 3. The molecule has 0 bridgehead atoms. The van der Waals surface area contributed by atoms with E-state index in [9.17, 15) is 19.5 Å². The molecule has 0 saturated carbocycles. The molecule has 1 spiro atoms. The van der Waals surface area contributed by atoms with Crippen molar-refractivity contribution < 1.29 is 24.2 Å². The summed E-state index contributed by atoms with van der Waals surface area (Å²) in [7, 11) is 0. The van der Waals surface area contributed by atoms with Gasteiger partial charge in [-0.2, -0.15) is 0 Å². The van der Waals surface area contributed by atoms with Crippen LogP contribution in [0.15, 0.2) is 48.6 Å². The second-order valence-corrected chi connectivity index (χ2v) is 11.7. The molecule has 1 N–H and O–H groups in total. The van der Waals surface area contributed by atoms with Crippen LogP contribution in [-0.4, -0.2) is 83.2 Å². The summed E-state index contributed by atoms with van der Waals surface area (Å²) in [4.78, 5) is 47.0. The number of amides is 2. The van der Waals surface area contributed by atoms with E-state index in [0.717, 1.165) is 43.7 Å². The Labute approximate surface area is 228 Å². The number of rotatable bonds is 6. The first kappa shape index (κ1) is 26.8. The van der Waals surface area contributed by atoms with Gasteiger partial charge in [0.25, 0.3) is 5.91 Å². The summed E-state index contributed by atoms with van der Waals surface area (Å²) >= 11 is 1.53. The minimum atomic E-state index is -0.911. The molecule has 1 unspecified atom stereocenters. The van der Waals surface area contributed by atoms with Gasteiger partial charge in [-0.25, -0.2) is 0 Å². The van der Waals surface area contributed by atoms with Crippen molar-refractivity contribution in [3.05, 3.63) is 48.6 Å². The van der Waals surface area contributed by atoms with Crippen molar-refractivity contribution in [2.24, 2.45) is 11.8 Å². The van der Waals surface area contributed by atoms with E-state index in [4.69, 9.17) is 4.74 Å². The molecule has 4 heterocycles. The van der Waals surface area contributed by atoms with Gasteiger partial charge in [-0.05, 0) is 57.4 Å². The number of carbonyl (C=O) groups excluding carboxylic acids is 3. The van der Waals surface area contributed by atoms with Crippen LogP contribution in [0.2, 0.25) is 0 Å². The lowest BCUT2D eigenvalue weighted by molar-refractivity contribution is -0.153. The second kappa shape index (κ2) is 11.1. The Hall–Kier alpha value is -2.78. The Morgan fingerprint density at radius 2 is 1.84 bits per heavy atom. The number of aliphatic hydroxyl groups is 1. The van der Waals surface area contributed by atoms with Gasteiger partial charge in [0.1, 0.15) is 6.04 Å². The lowest BCUT2D eigenvalue weighted by Crippen LogP contribution is -2.53. The summed E-state index contributed by atoms with van der Waals surface area (Å²) in [6.07, 6.45) is 10.7. The summed E-state index contributed by atoms with van der Waals surface area (Å²) in [5.74, 6) is -2.23. The monoisotopic (exact) mass is 539 g/mol. The molecule has 0 aromatic heterocycles. The summed E-state index contributed by atoms with van der Waals surface area (Å²) in [6, 6.07) is 7.12. The van der Waals surface area contributed by atoms with Crippen LogP contribution in [0.4, 0.5) is 11.4 Å². The number of hydrogen-bond donors (Lipinski definition) is 1. The lowest BCUT2D eigenvalue weighted by atomic mass is 9.78. The smallest absolute Gasteiger partial charge is 0.311 e. The van der Waals surface area contributed by atoms with Crippen LogP contribution in [0.3, 0.4) is 0 Å². The van der Waals surface area contributed by atoms with Crippen molar-refractivity contribution in [3.63, 3.8) is 0 Å². The summed E-state index contributed by atoms with van der Waals surface area (Å²) in [5, 5.41) is 9.59. The molecule has 5 rings (SSSR count). The summed E-state index contributed by atoms with van der Waals surface area (Å²) in [6.45, 7) is 6.49. The molecular weight excluding hydrogens is 502 g/mol. The maximum atomic E-state index is 14.3. The largest absolute Gasteiger partial charge is 0.465 e. The van der Waals surface area contributed by atoms with Crippen LogP contribution in [0.1, 0.15) is 33.1 Å². The summed E-state index contributed by atoms with van der Waals surface area (Å²) < 4.78 is 4.72. The van der Waals surface area contributed by atoms with Gasteiger partial charge in [-0.15, -0.1) is 11.8 Å². The Bertz CT molecular complexity index is 1120. The third-order valence-electron chi connectivity index (χ3n) is 8.23. The standard InChI is InChI=1S/C29H37N3O5S/c1-3-30(4-2)20-11-13-21(14-12-20)31-16-9-15-29-24(26(34)32(17-18-33)25(29)27(31)35)23-22(38-29)10-7-5-6-8-19-37-28(23)36/h7,9-15,22-25,33H,3-6,8,16-19H2,1-2H3/b10-7-/t22-,23+,24+,25?,29+/m1/s1. The predicted octanol–water partition coefficient (Wildman–Crippen LogP) is 3.01. The highest BCUT2D eigenvalue weighted by molar-refractivity contribution is 8.02. The van der Waals surface area contributed by atoms with Crippen molar-refractivity contribution in [3.8, 4) is 0 Å². The van der Waals surface area contributed by atoms with Crippen LogP contribution in [-0.2, 0) is 19.1 Å². The van der Waals surface area contributed by atoms with Gasteiger partial charge in [0.05, 0.1) is 29.8 Å². The molecular formula is C29H37N3O5S. The molecule has 2 saturated heterocycles. The molecule has 2 amide bonds. The molecule has 8 nitrogen and oxygen atoms in total. The quantitative estimate of drug-likeness (QED) is 0.439. The maximum Gasteiger partial charge on any atom is 0.311 e. The van der Waals surface area contributed by atoms with Gasteiger partial charge < -0.3 is 24.5 Å². The number of fused-ring (bicyclic) bond motifs is 2. The van der Waals surface area contributed by atoms with E-state index in [1.165, 1.54) is 16.7 Å². The zero-order valence-electron chi connectivity index (χ0n) is 22.1. The van der Waals surface area contributed by atoms with Gasteiger partial charge in [-0.3, -0.25) is 14.4 Å². The first-order valence-corrected chi connectivity index (χ1v) is 14.6. The minimum Gasteiger partial charge on any atom is -0.465 e. The van der Waals surface area contributed by atoms with Crippen molar-refractivity contribution >= 4 is 40.9 Å². The van der Waals surface area contributed by atoms with Gasteiger partial charge >= 0.3 is 5.97 Å². The van der Waals surface area contributed by atoms with Crippen molar-refractivity contribution in [1.82, 2.24) is 4.90 Å². The van der Waals surface area contributed by atoms with Crippen molar-refractivity contribution in [1.29, 1.82) is 0 Å². The molecule has 4 aliphatic rings. The number of aliphatic hydroxyl groups excluding tert-OH is 1. The third kappa shape index (κ3) is 4.43. The molecule has 1 aromatic carbocycles. The maximum absolute atomic E-state index is 14.3. The average molecular weight is 540 g/mol. The number of carbonyl (C=O) groups is 3. The topological polar surface area (TPSA) is 90.4 Å². The first-order chi connectivity index (χ1) is 18.5. The highest BCUT2D eigenvalue weighted by Gasteiger charge is 2.70. The molecule has 4 aliphatic heterocycles. The van der Waals surface area contributed by atoms with Gasteiger partial charge in [0.2, 0.25) is 5.91 Å². The Morgan fingerprint density at radius 3 is 2.55 bits per heavy atom. The normalized spacial score (nSPS) is 31.8. The number of benzene rings is 1. The molecule has 0 radical (unpaired) electrons. The first-order valence-electron chi connectivity index (χ1n) is 13.7. The van der Waals surface area contributed by atoms with Crippen LogP contribution in [0, 0.1) is 11.8 Å². The number of allylic oxidation sites excluding steroid dienone is 1. The van der Waals surface area contributed by atoms with E-state index in [2.05, 4.69) is 24.8 Å². The molecule has 38 heavy (non-hydrogen) atoms. The third-order valence-corrected chi connectivity index (χ3v) is 9.98. The number of cyclic esters (lactones) is 1. The molecule has 204 valence electrons. The highest BCUT2D eigenvalue weighted by Crippen LogP contribution is 2.60. The van der Waals surface area contributed by atoms with Crippen molar-refractivity contribution in [2.75, 3.05) is 49.2 Å². The van der Waals surface area contributed by atoms with Crippen LogP contribution < -0.4 is 9.80 Å². The number of anilines is 2. The van der Waals surface area contributed by atoms with E-state index in [1.807, 2.05) is 42.5 Å². The lowest BCUT2D eigenvalue weighted by Gasteiger charge is -2.35. The molecule has 2 fully saturated rings. The molecule has 9 heteroatoms. The minimum absolute atomic E-state index is 0.0406. The summed E-state index contributed by atoms with van der Waals surface area (Å²) in [5.41, 5.74) is 1.85. The fraction of sp³-hybridized carbons (Fsp3) is 0.552. The zero-order chi connectivity index (χ0) is 26.9. The van der Waals surface area contributed by atoms with Crippen LogP contribution in [0.5, 0.6) is 0 Å². The highest BCUT2D eigenvalue weighted by atomic mass is 32.2. The van der Waals surface area contributed by atoms with Gasteiger partial charge in [-0.1, -0.05) is 24.3 Å². The van der Waals surface area contributed by atoms with Crippen molar-refractivity contribution in [2.45, 2.75) is 49.1 Å². The fourth-order valence-electron chi connectivity index (χ4n) is 6.43. The number of ether oxygens (including phenoxy) is 1. The van der Waals surface area contributed by atoms with E-state index in [-0.39, 0.29) is 36.2 Å². The fourth-order valence-corrected chi connectivity index (χ4v) is 8.43. The number of thioether (sulfide) groups is 1. The van der Waals surface area contributed by atoms with Crippen LogP contribution in [0.25, 0.3) is 0 Å². The Kier molecular flexibility index (Phi) is 7.86. The molecule has 5 atom stereocenters. The van der Waals surface area contributed by atoms with E-state index < -0.39 is 22.6 Å². The SMILES string of the molecule is CCN(CC)c1ccc(N2CC=C[C@]34S[C@@H]5/C=C\CCCCOC(=O)[C@@H]5[C@H]3C(=O)N(CCO)C4C2=O)cc1. The number of likely N-dealkylation sites (tertiary alicyclic amines) is 1.